The van der Waals surface area contributed by atoms with Crippen LogP contribution in [0, 0.1) is 37.9 Å². The van der Waals surface area contributed by atoms with Crippen molar-refractivity contribution in [2.24, 2.45) is 37.9 Å². The van der Waals surface area contributed by atoms with Crippen LogP contribution in [0.4, 0.5) is 30.7 Å². The maximum absolute atomic E-state index is 13.7. The molecule has 0 aromatic carbocycles. The van der Waals surface area contributed by atoms with E-state index < -0.39 is 40.7 Å². The highest BCUT2D eigenvalue weighted by molar-refractivity contribution is 4.86. The van der Waals surface area contributed by atoms with Gasteiger partial charge >= 0.3 is 0 Å². The number of rotatable bonds is 28. The van der Waals surface area contributed by atoms with Crippen molar-refractivity contribution in [3.8, 4) is 0 Å². The third-order valence-electron chi connectivity index (χ3n) is 17.2. The van der Waals surface area contributed by atoms with E-state index in [1.54, 1.807) is 27.7 Å². The third kappa shape index (κ3) is 44.3. The van der Waals surface area contributed by atoms with Crippen molar-refractivity contribution in [2.75, 3.05) is 20.4 Å². The molecule has 8 heteroatoms. The van der Waals surface area contributed by atoms with Crippen LogP contribution in [0.3, 0.4) is 0 Å². The summed E-state index contributed by atoms with van der Waals surface area (Å²) in [6.07, 6.45) is 16.9. The molecular weight excluding hydrogens is 906 g/mol. The van der Waals surface area contributed by atoms with Gasteiger partial charge in [-0.3, -0.25) is 4.39 Å². The summed E-state index contributed by atoms with van der Waals surface area (Å²) in [4.78, 5) is 0. The van der Waals surface area contributed by atoms with E-state index in [-0.39, 0.29) is 41.1 Å². The van der Waals surface area contributed by atoms with E-state index in [0.717, 1.165) is 58.3 Å². The van der Waals surface area contributed by atoms with Gasteiger partial charge in [0.15, 0.2) is 0 Å². The largest absolute Gasteiger partial charge is 0.381 e. The van der Waals surface area contributed by atoms with Gasteiger partial charge in [0.2, 0.25) is 5.92 Å². The monoisotopic (exact) mass is 1040 g/mol. The van der Waals surface area contributed by atoms with Gasteiger partial charge in [0.1, 0.15) is 22.7 Å². The lowest BCUT2D eigenvalue weighted by Gasteiger charge is -2.34. The average molecular weight is 1040 g/mol. The van der Waals surface area contributed by atoms with Crippen molar-refractivity contribution in [1.29, 1.82) is 0 Å². The molecule has 0 aromatic rings. The Labute approximate surface area is 443 Å². The lowest BCUT2D eigenvalue weighted by molar-refractivity contribution is -0.0274. The normalized spacial score (nSPS) is 16.9. The zero-order chi connectivity index (χ0) is 58.3. The van der Waals surface area contributed by atoms with E-state index >= 15 is 0 Å². The smallest absolute Gasteiger partial charge is 0.245 e. The number of hydrogen-bond acceptors (Lipinski definition) is 1. The predicted molar refractivity (Wildman–Crippen MR) is 306 cm³/mol. The van der Waals surface area contributed by atoms with Gasteiger partial charge in [-0.1, -0.05) is 223 Å². The van der Waals surface area contributed by atoms with Crippen molar-refractivity contribution in [3.63, 3.8) is 0 Å². The molecule has 0 bridgehead atoms. The molecule has 0 aliphatic carbocycles. The molecule has 0 rings (SSSR count). The molecule has 0 saturated heterocycles. The van der Waals surface area contributed by atoms with Gasteiger partial charge < -0.3 is 4.74 Å². The molecule has 0 spiro atoms. The molecule has 71 heavy (non-hydrogen) atoms. The number of methoxy groups -OCH3 is 1. The number of alkyl halides is 7. The van der Waals surface area contributed by atoms with Crippen molar-refractivity contribution >= 4 is 0 Å². The second kappa shape index (κ2) is 36.5. The highest BCUT2D eigenvalue weighted by Gasteiger charge is 2.36. The maximum Gasteiger partial charge on any atom is 0.245 e. The van der Waals surface area contributed by atoms with Crippen LogP contribution >= 0.6 is 0 Å². The zero-order valence-corrected chi connectivity index (χ0v) is 53.6. The third-order valence-corrected chi connectivity index (χ3v) is 17.2. The minimum Gasteiger partial charge on any atom is -0.381 e. The highest BCUT2D eigenvalue weighted by Crippen LogP contribution is 2.42. The van der Waals surface area contributed by atoms with Gasteiger partial charge in [0, 0.05) is 13.5 Å². The fourth-order valence-electron chi connectivity index (χ4n) is 9.08. The summed E-state index contributed by atoms with van der Waals surface area (Å²) in [7, 11) is 1.45. The van der Waals surface area contributed by atoms with Gasteiger partial charge in [0.25, 0.3) is 0 Å². The Morgan fingerprint density at radius 2 is 0.465 bits per heavy atom. The van der Waals surface area contributed by atoms with E-state index in [2.05, 4.69) is 104 Å². The van der Waals surface area contributed by atoms with Crippen LogP contribution in [0.15, 0.2) is 0 Å². The summed E-state index contributed by atoms with van der Waals surface area (Å²) >= 11 is 0. The van der Waals surface area contributed by atoms with Crippen LogP contribution < -0.4 is 0 Å². The first-order chi connectivity index (χ1) is 31.7. The zero-order valence-electron chi connectivity index (χ0n) is 53.6. The van der Waals surface area contributed by atoms with Crippen molar-refractivity contribution in [1.82, 2.24) is 0 Å². The van der Waals surface area contributed by atoms with E-state index in [0.29, 0.717) is 55.8 Å². The topological polar surface area (TPSA) is 9.23 Å². The summed E-state index contributed by atoms with van der Waals surface area (Å²) in [5.41, 5.74) is -3.44. The summed E-state index contributed by atoms with van der Waals surface area (Å²) in [6, 6.07) is 0. The number of hydrogen-bond donors (Lipinski definition) is 0. The van der Waals surface area contributed by atoms with Crippen LogP contribution in [0.1, 0.15) is 322 Å². The fourth-order valence-corrected chi connectivity index (χ4v) is 9.08. The molecule has 438 valence electrons. The molecular formula is C63H131F7O. The summed E-state index contributed by atoms with van der Waals surface area (Å²) in [5.74, 6) is -2.51. The lowest BCUT2D eigenvalue weighted by atomic mass is 9.72. The molecule has 0 radical (unpaired) electrons. The van der Waals surface area contributed by atoms with E-state index in [9.17, 15) is 30.7 Å². The molecule has 0 N–H and O–H groups in total. The van der Waals surface area contributed by atoms with Crippen molar-refractivity contribution < 1.29 is 35.5 Å². The Morgan fingerprint density at radius 3 is 0.592 bits per heavy atom. The molecule has 0 saturated carbocycles. The summed E-state index contributed by atoms with van der Waals surface area (Å²) in [6.45, 7) is 55.9. The van der Waals surface area contributed by atoms with Crippen LogP contribution in [-0.4, -0.2) is 49.0 Å². The Morgan fingerprint density at radius 1 is 0.268 bits per heavy atom. The molecule has 0 amide bonds. The minimum absolute atomic E-state index is 0.00694. The van der Waals surface area contributed by atoms with Gasteiger partial charge in [-0.25, -0.2) is 26.3 Å². The Bertz CT molecular complexity index is 1110. The average Bonchev–Trinajstić information content (AvgIpc) is 3.28. The first-order valence-electron chi connectivity index (χ1n) is 28.9. The standard InChI is InChI=1S/3C11H23F.C11H24.C10H20F2O.C9H18F2/c3*1-6-10(4,7-2)9-11(5,12)8-3;1-7-11(6,8-2)9-10(3,4)5;1-5-9(2,7-11)6-10(3,12)8-13-4;1-5-8(3,6-2)7-9(4,10)11/h3*6-9H2,1-5H3;7-9H2,1-6H3;5-8H2,1-4H3;5-7H2,1-4H3. The molecule has 0 aliphatic heterocycles. The van der Waals surface area contributed by atoms with Crippen LogP contribution in [0.25, 0.3) is 0 Å². The van der Waals surface area contributed by atoms with Crippen molar-refractivity contribution in [2.45, 2.75) is 351 Å². The second-order valence-corrected chi connectivity index (χ2v) is 26.7. The maximum atomic E-state index is 13.7. The molecule has 5 unspecified atom stereocenters. The van der Waals surface area contributed by atoms with Crippen molar-refractivity contribution in [3.05, 3.63) is 0 Å². The first kappa shape index (κ1) is 81.8. The van der Waals surface area contributed by atoms with Crippen LogP contribution in [-0.2, 0) is 4.74 Å². The van der Waals surface area contributed by atoms with Gasteiger partial charge in [-0.15, -0.1) is 0 Å². The second-order valence-electron chi connectivity index (χ2n) is 26.7. The highest BCUT2D eigenvalue weighted by atomic mass is 19.3. The Kier molecular flexibility index (Phi) is 42.1. The fraction of sp³-hybridized carbons (Fsp3) is 1.00. The van der Waals surface area contributed by atoms with E-state index in [4.69, 9.17) is 4.74 Å². The molecule has 0 aliphatic rings. The van der Waals surface area contributed by atoms with E-state index in [1.807, 2.05) is 48.5 Å². The van der Waals surface area contributed by atoms with Gasteiger partial charge in [-0.2, -0.15) is 0 Å². The molecule has 0 fully saturated rings. The van der Waals surface area contributed by atoms with Crippen LogP contribution in [0.5, 0.6) is 0 Å². The minimum atomic E-state index is -2.51. The number of ether oxygens (including phenoxy) is 1. The molecule has 5 atom stereocenters. The molecule has 0 aromatic heterocycles. The number of halogens is 7. The molecule has 1 nitrogen and oxygen atoms in total. The van der Waals surface area contributed by atoms with Gasteiger partial charge in [-0.05, 0) is 130 Å². The van der Waals surface area contributed by atoms with Crippen LogP contribution in [0.2, 0.25) is 0 Å². The lowest BCUT2D eigenvalue weighted by Crippen LogP contribution is -2.34. The first-order valence-corrected chi connectivity index (χ1v) is 28.9. The molecule has 0 heterocycles. The Hall–Kier alpha value is -0.530. The van der Waals surface area contributed by atoms with Gasteiger partial charge in [0.05, 0.1) is 13.3 Å². The summed E-state index contributed by atoms with van der Waals surface area (Å²) < 4.78 is 97.3. The SMILES string of the molecule is CCC(C)(CC)CC(C)(C)C.CCC(C)(CC)CC(C)(F)F.CCC(C)(CF)CC(C)(F)COC.CCC(C)(F)CC(C)(CC)CC.CCC(C)(F)CC(C)(CC)CC.CCC(C)(F)CC(C)(CC)CC. The predicted octanol–water partition coefficient (Wildman–Crippen LogP) is 24.3. The van der Waals surface area contributed by atoms with E-state index in [1.165, 1.54) is 33.3 Å². The Balaban J connectivity index is -0.000000179. The quantitative estimate of drug-likeness (QED) is 0.0710. The summed E-state index contributed by atoms with van der Waals surface area (Å²) in [5, 5.41) is 0.